The first-order chi connectivity index (χ1) is 32.3. The third-order valence-electron chi connectivity index (χ3n) is 17.3. The Hall–Kier alpha value is -0.810. The monoisotopic (exact) mass is 984 g/mol. The molecular weight excluding hydrogens is 863 g/mol. The highest BCUT2D eigenvalue weighted by atomic mass is 16.5. The average Bonchev–Trinajstić information content (AvgIpc) is 3.26. The molecule has 70 heavy (non-hydrogen) atoms. The predicted molar refractivity (Wildman–Crippen MR) is 302 cm³/mol. The van der Waals surface area contributed by atoms with Crippen molar-refractivity contribution < 1.29 is 9.53 Å². The normalized spacial score (nSPS) is 24.0. The van der Waals surface area contributed by atoms with E-state index in [2.05, 4.69) is 139 Å². The lowest BCUT2D eigenvalue weighted by molar-refractivity contribution is -0.129. The van der Waals surface area contributed by atoms with E-state index in [0.717, 1.165) is 62.1 Å². The molecule has 412 valence electrons. The molecule has 1 amide bonds. The minimum absolute atomic E-state index is 0.0121. The Morgan fingerprint density at radius 1 is 0.414 bits per heavy atom. The molecular formula is C61H121N7O2. The van der Waals surface area contributed by atoms with Gasteiger partial charge in [0, 0.05) is 60.8 Å². The molecule has 6 heterocycles. The molecule has 0 spiro atoms. The number of nitrogens with zero attached hydrogens (tertiary/aromatic N) is 6. The van der Waals surface area contributed by atoms with Gasteiger partial charge in [-0.2, -0.15) is 0 Å². The van der Waals surface area contributed by atoms with Crippen LogP contribution in [0.15, 0.2) is 0 Å². The van der Waals surface area contributed by atoms with Gasteiger partial charge in [-0.25, -0.2) is 0 Å². The summed E-state index contributed by atoms with van der Waals surface area (Å²) in [5.41, 5.74) is 1.26. The summed E-state index contributed by atoms with van der Waals surface area (Å²) in [6, 6.07) is 0.371. The average molecular weight is 985 g/mol. The van der Waals surface area contributed by atoms with Crippen LogP contribution >= 0.6 is 0 Å². The Morgan fingerprint density at radius 2 is 0.714 bits per heavy atom. The van der Waals surface area contributed by atoms with Crippen LogP contribution in [0.4, 0.5) is 0 Å². The van der Waals surface area contributed by atoms with E-state index in [9.17, 15) is 4.79 Å². The summed E-state index contributed by atoms with van der Waals surface area (Å²) in [7, 11) is 0. The predicted octanol–water partition coefficient (Wildman–Crippen LogP) is 12.2. The summed E-state index contributed by atoms with van der Waals surface area (Å²) < 4.78 is 5.97. The van der Waals surface area contributed by atoms with E-state index in [1.807, 2.05) is 20.8 Å². The van der Waals surface area contributed by atoms with Gasteiger partial charge in [-0.05, 0) is 273 Å². The van der Waals surface area contributed by atoms with Gasteiger partial charge in [0.25, 0.3) is 0 Å². The lowest BCUT2D eigenvalue weighted by atomic mass is 9.83. The van der Waals surface area contributed by atoms with Gasteiger partial charge < -0.3 is 24.8 Å². The first-order valence-electron chi connectivity index (χ1n) is 29.7. The molecule has 0 aromatic heterocycles. The van der Waals surface area contributed by atoms with E-state index < -0.39 is 0 Å². The molecule has 0 aromatic carbocycles. The fraction of sp³-hybridized carbons (Fsp3) is 0.984. The standard InChI is InChI=1S/C21H42N2.C20H39N3O.C20H40N2O/c1-20(2,3)12-7-18-8-13-22(14-9-18)17-19-10-15-23(16-11-19)21(4,5)6;1-19(2,3)18(24)21-17-9-11-22(12-10-17)15-16-7-13-23(14-8-16)20(4,5)6;1-19(2,3)22-13-9-17(10-14-22)15-21-11-7-18(8-12-21)16-23-20(4,5)6/h18-19H,7-17H2,1-6H3;16-17H,7-15H2,1-6H3,(H,21,24);17-18H,7-16H2,1-6H3. The van der Waals surface area contributed by atoms with Crippen LogP contribution in [0.5, 0.6) is 0 Å². The van der Waals surface area contributed by atoms with Gasteiger partial charge in [-0.3, -0.25) is 19.5 Å². The van der Waals surface area contributed by atoms with Crippen molar-refractivity contribution in [1.29, 1.82) is 0 Å². The highest BCUT2D eigenvalue weighted by Gasteiger charge is 2.33. The van der Waals surface area contributed by atoms with Crippen molar-refractivity contribution in [2.24, 2.45) is 40.4 Å². The Labute approximate surface area is 436 Å². The van der Waals surface area contributed by atoms with Crippen LogP contribution in [0.1, 0.15) is 215 Å². The number of rotatable bonds is 11. The molecule has 0 unspecified atom stereocenters. The van der Waals surface area contributed by atoms with Gasteiger partial charge in [0.15, 0.2) is 0 Å². The van der Waals surface area contributed by atoms with E-state index in [-0.39, 0.29) is 16.9 Å². The van der Waals surface area contributed by atoms with Gasteiger partial charge in [-0.1, -0.05) is 41.5 Å². The topological polar surface area (TPSA) is 57.8 Å². The summed E-state index contributed by atoms with van der Waals surface area (Å²) in [6.07, 6.45) is 18.8. The van der Waals surface area contributed by atoms with E-state index in [4.69, 9.17) is 4.74 Å². The molecule has 6 aliphatic heterocycles. The van der Waals surface area contributed by atoms with Crippen LogP contribution in [0.25, 0.3) is 0 Å². The molecule has 9 heteroatoms. The number of nitrogens with one attached hydrogen (secondary N) is 1. The molecule has 0 aliphatic carbocycles. The first kappa shape index (κ1) is 61.7. The third kappa shape index (κ3) is 23.8. The number of likely N-dealkylation sites (tertiary alicyclic amines) is 6. The summed E-state index contributed by atoms with van der Waals surface area (Å²) >= 11 is 0. The van der Waals surface area contributed by atoms with Crippen molar-refractivity contribution >= 4 is 5.91 Å². The number of carbonyl (C=O) groups is 1. The number of hydrogen-bond acceptors (Lipinski definition) is 8. The second-order valence-electron chi connectivity index (χ2n) is 30.1. The molecule has 6 fully saturated rings. The van der Waals surface area contributed by atoms with Crippen molar-refractivity contribution in [2.45, 2.75) is 243 Å². The summed E-state index contributed by atoms with van der Waals surface area (Å²) in [5, 5.41) is 3.23. The molecule has 0 aromatic rings. The van der Waals surface area contributed by atoms with Gasteiger partial charge in [0.2, 0.25) is 5.91 Å². The van der Waals surface area contributed by atoms with Crippen molar-refractivity contribution in [3.8, 4) is 0 Å². The number of amides is 1. The van der Waals surface area contributed by atoms with Gasteiger partial charge in [0.05, 0.1) is 12.2 Å². The number of piperidine rings is 6. The molecule has 6 rings (SSSR count). The second-order valence-corrected chi connectivity index (χ2v) is 30.1. The van der Waals surface area contributed by atoms with Crippen LogP contribution in [0, 0.1) is 40.4 Å². The zero-order valence-electron chi connectivity index (χ0n) is 50.2. The summed E-state index contributed by atoms with van der Waals surface area (Å²) in [4.78, 5) is 28.2. The smallest absolute Gasteiger partial charge is 0.225 e. The molecule has 6 aliphatic rings. The summed E-state index contributed by atoms with van der Waals surface area (Å²) in [5.74, 6) is 4.66. The minimum Gasteiger partial charge on any atom is -0.376 e. The SMILES string of the molecule is CC(C)(C)C(=O)NC1CCN(CC2CCN(C(C)(C)C)CC2)CC1.CC(C)(C)CCC1CCN(CC2CCN(C(C)(C)C)CC2)CC1.CC(C)(C)OCC1CCN(CC2CCN(C(C)(C)C)CC2)CC1. The second kappa shape index (κ2) is 27.3. The van der Waals surface area contributed by atoms with Crippen molar-refractivity contribution in [3.63, 3.8) is 0 Å². The lowest BCUT2D eigenvalue weighted by Crippen LogP contribution is -2.50. The van der Waals surface area contributed by atoms with E-state index in [0.29, 0.717) is 28.1 Å². The van der Waals surface area contributed by atoms with E-state index >= 15 is 0 Å². The van der Waals surface area contributed by atoms with Crippen molar-refractivity contribution in [3.05, 3.63) is 0 Å². The fourth-order valence-electron chi connectivity index (χ4n) is 11.9. The largest absolute Gasteiger partial charge is 0.376 e. The van der Waals surface area contributed by atoms with E-state index in [1.165, 1.54) is 162 Å². The molecule has 1 N–H and O–H groups in total. The quantitative estimate of drug-likeness (QED) is 0.220. The van der Waals surface area contributed by atoms with Gasteiger partial charge in [0.1, 0.15) is 0 Å². The Morgan fingerprint density at radius 3 is 1.00 bits per heavy atom. The number of carbonyl (C=O) groups excluding carboxylic acids is 1. The molecule has 0 saturated carbocycles. The van der Waals surface area contributed by atoms with Crippen LogP contribution in [0.2, 0.25) is 0 Å². The lowest BCUT2D eigenvalue weighted by Gasteiger charge is -2.42. The molecule has 0 bridgehead atoms. The maximum Gasteiger partial charge on any atom is 0.225 e. The van der Waals surface area contributed by atoms with Gasteiger partial charge in [-0.15, -0.1) is 0 Å². The molecule has 9 nitrogen and oxygen atoms in total. The Kier molecular flexibility index (Phi) is 24.1. The molecule has 0 atom stereocenters. The maximum absolute atomic E-state index is 12.1. The Balaban J connectivity index is 0.000000228. The highest BCUT2D eigenvalue weighted by Crippen LogP contribution is 2.32. The summed E-state index contributed by atoms with van der Waals surface area (Å²) in [6.45, 7) is 60.7. The number of hydrogen-bond donors (Lipinski definition) is 1. The van der Waals surface area contributed by atoms with Crippen LogP contribution in [0.3, 0.4) is 0 Å². The van der Waals surface area contributed by atoms with Crippen molar-refractivity contribution in [1.82, 2.24) is 34.7 Å². The molecule has 6 saturated heterocycles. The van der Waals surface area contributed by atoms with E-state index in [1.54, 1.807) is 0 Å². The Bertz CT molecular complexity index is 1360. The van der Waals surface area contributed by atoms with Crippen molar-refractivity contribution in [2.75, 3.05) is 105 Å². The minimum atomic E-state index is -0.280. The fourth-order valence-corrected chi connectivity index (χ4v) is 11.9. The third-order valence-corrected chi connectivity index (χ3v) is 17.3. The van der Waals surface area contributed by atoms with Crippen LogP contribution in [-0.4, -0.2) is 168 Å². The zero-order valence-corrected chi connectivity index (χ0v) is 50.2. The number of ether oxygens (including phenoxy) is 1. The van der Waals surface area contributed by atoms with Gasteiger partial charge >= 0.3 is 0 Å². The molecule has 0 radical (unpaired) electrons. The van der Waals surface area contributed by atoms with Crippen LogP contribution < -0.4 is 5.32 Å². The zero-order chi connectivity index (χ0) is 52.1. The maximum atomic E-state index is 12.1. The van der Waals surface area contributed by atoms with Crippen LogP contribution in [-0.2, 0) is 9.53 Å². The first-order valence-corrected chi connectivity index (χ1v) is 29.7. The highest BCUT2D eigenvalue weighted by molar-refractivity contribution is 5.81.